The molecule has 110 valence electrons. The Balaban J connectivity index is 3.16. The molecule has 0 bridgehead atoms. The van der Waals surface area contributed by atoms with Crippen LogP contribution in [-0.2, 0) is 9.63 Å². The van der Waals surface area contributed by atoms with Gasteiger partial charge in [0.15, 0.2) is 0 Å². The van der Waals surface area contributed by atoms with Crippen molar-refractivity contribution in [3.05, 3.63) is 5.21 Å². The number of rotatable bonds is 3. The van der Waals surface area contributed by atoms with Crippen molar-refractivity contribution in [2.75, 3.05) is 0 Å². The third-order valence-electron chi connectivity index (χ3n) is 4.72. The van der Waals surface area contributed by atoms with Crippen molar-refractivity contribution < 1.29 is 9.63 Å². The Hall–Kier alpha value is -0.940. The summed E-state index contributed by atoms with van der Waals surface area (Å²) < 4.78 is 0. The van der Waals surface area contributed by atoms with E-state index in [1.54, 1.807) is 0 Å². The Kier molecular flexibility index (Phi) is 4.74. The number of carbonyl (C=O) groups is 1. The number of oxime groups is 1. The Bertz CT molecular complexity index is 383. The summed E-state index contributed by atoms with van der Waals surface area (Å²) in [6.07, 6.45) is 2.00. The second-order valence-corrected chi connectivity index (χ2v) is 5.92. The first-order chi connectivity index (χ1) is 8.71. The maximum absolute atomic E-state index is 12.7. The normalized spacial score (nSPS) is 38.5. The third-order valence-corrected chi connectivity index (χ3v) is 4.72. The minimum Gasteiger partial charge on any atom is -0.784 e. The van der Waals surface area contributed by atoms with Gasteiger partial charge >= 0.3 is 5.97 Å². The fraction of sp³-hybridized carbons (Fsp3) is 0.857. The van der Waals surface area contributed by atoms with E-state index in [0.29, 0.717) is 6.42 Å². The molecule has 1 rings (SSSR count). The van der Waals surface area contributed by atoms with Crippen LogP contribution in [0.15, 0.2) is 5.16 Å². The number of hydrogen-bond acceptors (Lipinski definition) is 5. The Morgan fingerprint density at radius 1 is 1.47 bits per heavy atom. The van der Waals surface area contributed by atoms with Gasteiger partial charge in [-0.3, -0.25) is 0 Å². The molecule has 0 aromatic heterocycles. The van der Waals surface area contributed by atoms with E-state index >= 15 is 0 Å². The van der Waals surface area contributed by atoms with Gasteiger partial charge in [0.1, 0.15) is 0 Å². The van der Waals surface area contributed by atoms with Gasteiger partial charge in [-0.25, -0.2) is 4.79 Å². The molecule has 1 aliphatic rings. The second kappa shape index (κ2) is 5.59. The molecule has 0 aromatic rings. The molecule has 0 aromatic carbocycles. The van der Waals surface area contributed by atoms with Gasteiger partial charge in [0.25, 0.3) is 0 Å². The zero-order chi connectivity index (χ0) is 14.8. The van der Waals surface area contributed by atoms with Crippen molar-refractivity contribution in [2.24, 2.45) is 11.1 Å². The van der Waals surface area contributed by atoms with Crippen molar-refractivity contribution in [3.8, 4) is 0 Å². The number of carbonyl (C=O) groups excluding carboxylic acids is 1. The average molecular weight is 269 g/mol. The predicted octanol–water partition coefficient (Wildman–Crippen LogP) is 3.08. The third kappa shape index (κ3) is 2.82. The van der Waals surface area contributed by atoms with Gasteiger partial charge in [-0.15, -0.1) is 0 Å². The SMILES string of the molecule is CCC1(C)CC(=NOC(C)=O)C(C)C(C)(CC)N1[O-]. The zero-order valence-corrected chi connectivity index (χ0v) is 12.8. The maximum Gasteiger partial charge on any atom is 0.331 e. The number of nitrogens with zero attached hydrogens (tertiary/aromatic N) is 2. The number of hydroxylamine groups is 2. The van der Waals surface area contributed by atoms with Crippen LogP contribution in [0.3, 0.4) is 0 Å². The lowest BCUT2D eigenvalue weighted by molar-refractivity contribution is -0.141. The Morgan fingerprint density at radius 2 is 2.05 bits per heavy atom. The number of hydrogen-bond donors (Lipinski definition) is 0. The molecule has 19 heavy (non-hydrogen) atoms. The molecule has 1 fully saturated rings. The summed E-state index contributed by atoms with van der Waals surface area (Å²) in [4.78, 5) is 15.7. The standard InChI is InChI=1S/C14H25N2O3/c1-7-13(5)9-12(15-19-11(4)17)10(3)14(6,8-2)16(13)18/h10H,7-9H2,1-6H3/q-1. The molecule has 5 heteroatoms. The van der Waals surface area contributed by atoms with E-state index in [1.807, 2.05) is 34.6 Å². The van der Waals surface area contributed by atoms with Crippen LogP contribution in [0.4, 0.5) is 0 Å². The molecule has 0 radical (unpaired) electrons. The van der Waals surface area contributed by atoms with E-state index in [-0.39, 0.29) is 5.92 Å². The van der Waals surface area contributed by atoms with Crippen molar-refractivity contribution in [3.63, 3.8) is 0 Å². The topological polar surface area (TPSA) is 65.0 Å². The van der Waals surface area contributed by atoms with Gasteiger partial charge in [0, 0.05) is 30.3 Å². The second-order valence-electron chi connectivity index (χ2n) is 5.92. The molecule has 1 saturated heterocycles. The van der Waals surface area contributed by atoms with Crippen LogP contribution in [0.2, 0.25) is 0 Å². The highest BCUT2D eigenvalue weighted by Crippen LogP contribution is 2.43. The van der Waals surface area contributed by atoms with Crippen molar-refractivity contribution >= 4 is 11.7 Å². The summed E-state index contributed by atoms with van der Waals surface area (Å²) in [5.41, 5.74) is -0.200. The molecular weight excluding hydrogens is 244 g/mol. The molecule has 3 atom stereocenters. The first-order valence-corrected chi connectivity index (χ1v) is 6.93. The van der Waals surface area contributed by atoms with Crippen LogP contribution >= 0.6 is 0 Å². The van der Waals surface area contributed by atoms with Gasteiger partial charge in [0.2, 0.25) is 0 Å². The highest BCUT2D eigenvalue weighted by atomic mass is 16.7. The molecule has 5 nitrogen and oxygen atoms in total. The molecule has 0 spiro atoms. The average Bonchev–Trinajstić information content (AvgIpc) is 2.39. The molecule has 1 aliphatic heterocycles. The fourth-order valence-electron chi connectivity index (χ4n) is 2.72. The van der Waals surface area contributed by atoms with E-state index in [0.717, 1.165) is 18.6 Å². The minimum absolute atomic E-state index is 0.0334. The van der Waals surface area contributed by atoms with Crippen molar-refractivity contribution in [1.29, 1.82) is 0 Å². The lowest BCUT2D eigenvalue weighted by Crippen LogP contribution is -2.64. The summed E-state index contributed by atoms with van der Waals surface area (Å²) in [6, 6.07) is 0. The predicted molar refractivity (Wildman–Crippen MR) is 75.6 cm³/mol. The van der Waals surface area contributed by atoms with Crippen molar-refractivity contribution in [1.82, 2.24) is 5.06 Å². The van der Waals surface area contributed by atoms with E-state index in [9.17, 15) is 10.0 Å². The molecule has 1 heterocycles. The van der Waals surface area contributed by atoms with Gasteiger partial charge < -0.3 is 15.1 Å². The summed E-state index contributed by atoms with van der Waals surface area (Å²) in [6.45, 7) is 11.2. The van der Waals surface area contributed by atoms with Crippen LogP contribution in [0.1, 0.15) is 60.8 Å². The van der Waals surface area contributed by atoms with Gasteiger partial charge in [-0.05, 0) is 26.7 Å². The molecule has 0 amide bonds. The molecule has 0 saturated carbocycles. The highest BCUT2D eigenvalue weighted by molar-refractivity contribution is 5.89. The fourth-order valence-corrected chi connectivity index (χ4v) is 2.72. The van der Waals surface area contributed by atoms with E-state index in [1.165, 1.54) is 12.0 Å². The molecule has 0 N–H and O–H groups in total. The zero-order valence-electron chi connectivity index (χ0n) is 12.8. The molecule has 3 unspecified atom stereocenters. The lowest BCUT2D eigenvalue weighted by atomic mass is 9.70. The summed E-state index contributed by atoms with van der Waals surface area (Å²) in [5.74, 6) is -0.463. The van der Waals surface area contributed by atoms with Crippen molar-refractivity contribution in [2.45, 2.75) is 71.9 Å². The largest absolute Gasteiger partial charge is 0.784 e. The molecule has 0 aliphatic carbocycles. The van der Waals surface area contributed by atoms with Crippen LogP contribution in [0.5, 0.6) is 0 Å². The summed E-state index contributed by atoms with van der Waals surface area (Å²) in [5, 5.41) is 17.9. The first-order valence-electron chi connectivity index (χ1n) is 6.93. The van der Waals surface area contributed by atoms with Gasteiger partial charge in [0.05, 0.1) is 5.71 Å². The first kappa shape index (κ1) is 16.1. The minimum atomic E-state index is -0.512. The van der Waals surface area contributed by atoms with Gasteiger partial charge in [-0.1, -0.05) is 25.9 Å². The van der Waals surface area contributed by atoms with E-state index < -0.39 is 17.0 Å². The summed E-state index contributed by atoms with van der Waals surface area (Å²) in [7, 11) is 0. The smallest absolute Gasteiger partial charge is 0.331 e. The Morgan fingerprint density at radius 3 is 2.47 bits per heavy atom. The van der Waals surface area contributed by atoms with Crippen LogP contribution in [-0.4, -0.2) is 27.8 Å². The Labute approximate surface area is 115 Å². The van der Waals surface area contributed by atoms with Crippen LogP contribution < -0.4 is 0 Å². The van der Waals surface area contributed by atoms with Gasteiger partial charge in [-0.2, -0.15) is 0 Å². The lowest BCUT2D eigenvalue weighted by Gasteiger charge is -2.62. The maximum atomic E-state index is 12.7. The summed E-state index contributed by atoms with van der Waals surface area (Å²) >= 11 is 0. The quantitative estimate of drug-likeness (QED) is 0.583. The number of piperidine rings is 1. The highest BCUT2D eigenvalue weighted by Gasteiger charge is 2.47. The monoisotopic (exact) mass is 269 g/mol. The van der Waals surface area contributed by atoms with Crippen LogP contribution in [0, 0.1) is 11.1 Å². The van der Waals surface area contributed by atoms with E-state index in [2.05, 4.69) is 5.16 Å². The van der Waals surface area contributed by atoms with E-state index in [4.69, 9.17) is 4.84 Å². The molecular formula is C14H25N2O3-. The van der Waals surface area contributed by atoms with Crippen LogP contribution in [0.25, 0.3) is 0 Å².